The maximum atomic E-state index is 10.8. The molecule has 0 saturated heterocycles. The molecule has 0 aliphatic rings. The van der Waals surface area contributed by atoms with Gasteiger partial charge in [0.1, 0.15) is 0 Å². The van der Waals surface area contributed by atoms with Crippen LogP contribution in [0.15, 0.2) is 12.3 Å². The van der Waals surface area contributed by atoms with Crippen molar-refractivity contribution >= 4 is 10.0 Å². The van der Waals surface area contributed by atoms with Gasteiger partial charge in [-0.3, -0.25) is 4.68 Å². The molecule has 1 aromatic heterocycles. The second-order valence-corrected chi connectivity index (χ2v) is 5.67. The van der Waals surface area contributed by atoms with Crippen LogP contribution in [0.1, 0.15) is 19.0 Å². The normalized spacial score (nSPS) is 11.9. The van der Waals surface area contributed by atoms with E-state index in [2.05, 4.69) is 15.1 Å². The van der Waals surface area contributed by atoms with Gasteiger partial charge in [0.05, 0.1) is 11.9 Å². The zero-order chi connectivity index (χ0) is 12.7. The van der Waals surface area contributed by atoms with E-state index in [0.29, 0.717) is 6.54 Å². The smallest absolute Gasteiger partial charge is 0.208 e. The van der Waals surface area contributed by atoms with E-state index in [1.807, 2.05) is 17.7 Å². The average Bonchev–Trinajstić information content (AvgIpc) is 2.69. The molecule has 1 heterocycles. The fraction of sp³-hybridized carbons (Fsp3) is 0.700. The molecule has 0 bridgehead atoms. The van der Waals surface area contributed by atoms with Gasteiger partial charge in [0.25, 0.3) is 0 Å². The number of nitrogens with one attached hydrogen (secondary N) is 2. The first-order chi connectivity index (χ1) is 8.03. The SMILES string of the molecule is CCn1nccc1CNCCCNS(C)(=O)=O. The molecule has 0 aromatic carbocycles. The summed E-state index contributed by atoms with van der Waals surface area (Å²) in [6, 6.07) is 1.98. The Bertz CT molecular complexity index is 427. The second-order valence-electron chi connectivity index (χ2n) is 3.84. The van der Waals surface area contributed by atoms with E-state index in [4.69, 9.17) is 0 Å². The predicted molar refractivity (Wildman–Crippen MR) is 67.1 cm³/mol. The van der Waals surface area contributed by atoms with Gasteiger partial charge >= 0.3 is 0 Å². The van der Waals surface area contributed by atoms with Crippen LogP contribution in [0.2, 0.25) is 0 Å². The number of aromatic nitrogens is 2. The minimum atomic E-state index is -3.06. The summed E-state index contributed by atoms with van der Waals surface area (Å²) in [4.78, 5) is 0. The third kappa shape index (κ3) is 5.81. The van der Waals surface area contributed by atoms with Crippen LogP contribution in [0.3, 0.4) is 0 Å². The Morgan fingerprint density at radius 1 is 1.41 bits per heavy atom. The number of rotatable bonds is 8. The van der Waals surface area contributed by atoms with E-state index >= 15 is 0 Å². The molecule has 0 unspecified atom stereocenters. The topological polar surface area (TPSA) is 76.0 Å². The summed E-state index contributed by atoms with van der Waals surface area (Å²) in [5.41, 5.74) is 1.14. The summed E-state index contributed by atoms with van der Waals surface area (Å²) in [7, 11) is -3.06. The van der Waals surface area contributed by atoms with E-state index in [1.165, 1.54) is 6.26 Å². The summed E-state index contributed by atoms with van der Waals surface area (Å²) in [5.74, 6) is 0. The highest BCUT2D eigenvalue weighted by Crippen LogP contribution is 1.97. The van der Waals surface area contributed by atoms with Gasteiger partial charge < -0.3 is 5.32 Å². The molecule has 0 saturated carbocycles. The highest BCUT2D eigenvalue weighted by Gasteiger charge is 2.00. The van der Waals surface area contributed by atoms with Crippen LogP contribution in [0.4, 0.5) is 0 Å². The van der Waals surface area contributed by atoms with Crippen LogP contribution in [0.5, 0.6) is 0 Å². The first-order valence-electron chi connectivity index (χ1n) is 5.69. The van der Waals surface area contributed by atoms with Gasteiger partial charge in [0, 0.05) is 25.8 Å². The minimum absolute atomic E-state index is 0.471. The van der Waals surface area contributed by atoms with E-state index in [1.54, 1.807) is 6.20 Å². The maximum Gasteiger partial charge on any atom is 0.208 e. The molecule has 1 aromatic rings. The monoisotopic (exact) mass is 260 g/mol. The van der Waals surface area contributed by atoms with Crippen LogP contribution in [-0.2, 0) is 23.1 Å². The number of hydrogen-bond donors (Lipinski definition) is 2. The van der Waals surface area contributed by atoms with Gasteiger partial charge in [0.15, 0.2) is 0 Å². The Morgan fingerprint density at radius 3 is 2.82 bits per heavy atom. The van der Waals surface area contributed by atoms with Gasteiger partial charge in [-0.05, 0) is 26.0 Å². The van der Waals surface area contributed by atoms with Crippen molar-refractivity contribution in [1.29, 1.82) is 0 Å². The van der Waals surface area contributed by atoms with Gasteiger partial charge in [0.2, 0.25) is 10.0 Å². The highest BCUT2D eigenvalue weighted by atomic mass is 32.2. The van der Waals surface area contributed by atoms with Crippen LogP contribution in [-0.4, -0.2) is 37.5 Å². The van der Waals surface area contributed by atoms with E-state index < -0.39 is 10.0 Å². The van der Waals surface area contributed by atoms with E-state index in [0.717, 1.165) is 31.7 Å². The summed E-state index contributed by atoms with van der Waals surface area (Å²) >= 11 is 0. The lowest BCUT2D eigenvalue weighted by atomic mass is 10.4. The lowest BCUT2D eigenvalue weighted by Crippen LogP contribution is -2.26. The van der Waals surface area contributed by atoms with Crippen LogP contribution in [0.25, 0.3) is 0 Å². The summed E-state index contributed by atoms with van der Waals surface area (Å²) < 4.78 is 26.0. The third-order valence-electron chi connectivity index (χ3n) is 2.30. The Balaban J connectivity index is 2.13. The van der Waals surface area contributed by atoms with Gasteiger partial charge in [-0.1, -0.05) is 0 Å². The molecule has 0 aliphatic carbocycles. The lowest BCUT2D eigenvalue weighted by molar-refractivity contribution is 0.563. The van der Waals surface area contributed by atoms with Crippen molar-refractivity contribution in [2.24, 2.45) is 0 Å². The second kappa shape index (κ2) is 6.73. The highest BCUT2D eigenvalue weighted by molar-refractivity contribution is 7.88. The van der Waals surface area contributed by atoms with Crippen molar-refractivity contribution in [3.05, 3.63) is 18.0 Å². The number of aryl methyl sites for hydroxylation is 1. The summed E-state index contributed by atoms with van der Waals surface area (Å²) in [6.07, 6.45) is 3.72. The molecule has 0 radical (unpaired) electrons. The quantitative estimate of drug-likeness (QED) is 0.642. The number of sulfonamides is 1. The molecule has 17 heavy (non-hydrogen) atoms. The Hall–Kier alpha value is -0.920. The molecule has 0 amide bonds. The zero-order valence-corrected chi connectivity index (χ0v) is 11.1. The standard InChI is InChI=1S/C10H20N4O2S/c1-3-14-10(5-8-12-14)9-11-6-4-7-13-17(2,15)16/h5,8,11,13H,3-4,6-7,9H2,1-2H3. The number of hydrogen-bond acceptors (Lipinski definition) is 4. The van der Waals surface area contributed by atoms with Crippen LogP contribution >= 0.6 is 0 Å². The molecule has 1 rings (SSSR count). The predicted octanol–water partition coefficient (Wildman–Crippen LogP) is -0.0681. The fourth-order valence-corrected chi connectivity index (χ4v) is 2.00. The largest absolute Gasteiger partial charge is 0.311 e. The molecule has 7 heteroatoms. The maximum absolute atomic E-state index is 10.8. The first-order valence-corrected chi connectivity index (χ1v) is 7.58. The van der Waals surface area contributed by atoms with Gasteiger partial charge in [-0.2, -0.15) is 5.10 Å². The number of nitrogens with zero attached hydrogens (tertiary/aromatic N) is 2. The Labute approximate surface area is 102 Å². The van der Waals surface area contributed by atoms with E-state index in [-0.39, 0.29) is 0 Å². The van der Waals surface area contributed by atoms with Crippen molar-refractivity contribution in [3.63, 3.8) is 0 Å². The van der Waals surface area contributed by atoms with Crippen molar-refractivity contribution in [2.75, 3.05) is 19.3 Å². The van der Waals surface area contributed by atoms with Crippen molar-refractivity contribution < 1.29 is 8.42 Å². The zero-order valence-electron chi connectivity index (χ0n) is 10.3. The van der Waals surface area contributed by atoms with Gasteiger partial charge in [-0.25, -0.2) is 13.1 Å². The van der Waals surface area contributed by atoms with Crippen molar-refractivity contribution in [3.8, 4) is 0 Å². The molecule has 0 spiro atoms. The summed E-state index contributed by atoms with van der Waals surface area (Å²) in [5, 5.41) is 7.42. The molecular formula is C10H20N4O2S. The Morgan fingerprint density at radius 2 is 2.18 bits per heavy atom. The van der Waals surface area contributed by atoms with Crippen LogP contribution in [0, 0.1) is 0 Å². The van der Waals surface area contributed by atoms with Gasteiger partial charge in [-0.15, -0.1) is 0 Å². The molecule has 0 fully saturated rings. The average molecular weight is 260 g/mol. The molecular weight excluding hydrogens is 240 g/mol. The van der Waals surface area contributed by atoms with Crippen LogP contribution < -0.4 is 10.0 Å². The van der Waals surface area contributed by atoms with E-state index in [9.17, 15) is 8.42 Å². The molecule has 98 valence electrons. The summed E-state index contributed by atoms with van der Waals surface area (Å²) in [6.45, 7) is 4.91. The first kappa shape index (κ1) is 14.1. The molecule has 2 N–H and O–H groups in total. The molecule has 0 atom stereocenters. The third-order valence-corrected chi connectivity index (χ3v) is 3.03. The molecule has 0 aliphatic heterocycles. The van der Waals surface area contributed by atoms with Crippen molar-refractivity contribution in [1.82, 2.24) is 19.8 Å². The molecule has 6 nitrogen and oxygen atoms in total. The lowest BCUT2D eigenvalue weighted by Gasteiger charge is -2.07. The van der Waals surface area contributed by atoms with Crippen molar-refractivity contribution in [2.45, 2.75) is 26.4 Å². The Kier molecular flexibility index (Phi) is 5.60. The fourth-order valence-electron chi connectivity index (χ4n) is 1.48. The minimum Gasteiger partial charge on any atom is -0.311 e.